The van der Waals surface area contributed by atoms with Crippen LogP contribution in [0.25, 0.3) is 0 Å². The molecule has 1 saturated heterocycles. The number of benzene rings is 1. The Balaban J connectivity index is 1.90. The summed E-state index contributed by atoms with van der Waals surface area (Å²) in [6, 6.07) is 6.60. The van der Waals surface area contributed by atoms with E-state index in [-0.39, 0.29) is 5.11 Å². The smallest absolute Gasteiger partial charge is 0.412 e. The Morgan fingerprint density at radius 1 is 1.07 bits per heavy atom. The molecule has 0 aromatic heterocycles. The fraction of sp³-hybridized carbons (Fsp3) is 0.556. The molecule has 3 unspecified atom stereocenters. The topological polar surface area (TPSA) is 153 Å². The third-order valence-corrected chi connectivity index (χ3v) is 4.17. The first kappa shape index (κ1) is 23.3. The average molecular weight is 429 g/mol. The zero-order valence-corrected chi connectivity index (χ0v) is 17.1. The number of carbonyl (C=O) groups excluding carboxylic acids is 1. The van der Waals surface area contributed by atoms with Crippen LogP contribution < -0.4 is 16.0 Å². The quantitative estimate of drug-likeness (QED) is 0.329. The molecule has 0 spiro atoms. The van der Waals surface area contributed by atoms with Crippen LogP contribution in [-0.4, -0.2) is 74.5 Å². The molecule has 2 rings (SSSR count). The lowest BCUT2D eigenvalue weighted by Gasteiger charge is -2.40. The van der Waals surface area contributed by atoms with Gasteiger partial charge in [-0.3, -0.25) is 5.32 Å². The molecule has 0 saturated carbocycles. The number of aliphatic hydroxyl groups excluding tert-OH is 4. The number of hydrogen-bond acceptors (Lipinski definition) is 8. The summed E-state index contributed by atoms with van der Waals surface area (Å²) < 4.78 is 10.5. The number of carbonyl (C=O) groups is 1. The minimum atomic E-state index is -1.50. The highest BCUT2D eigenvalue weighted by Crippen LogP contribution is 2.20. The normalized spacial score (nSPS) is 27.1. The van der Waals surface area contributed by atoms with Gasteiger partial charge in [0.25, 0.3) is 0 Å². The SMILES string of the molecule is CC(C)(C)OC(=O)Nc1ccc(NC(=S)N[C@@H]2OC(CO)[C@@H](O)C(O)C2O)cc1. The van der Waals surface area contributed by atoms with E-state index in [1.807, 2.05) is 0 Å². The summed E-state index contributed by atoms with van der Waals surface area (Å²) in [7, 11) is 0. The van der Waals surface area contributed by atoms with Crippen molar-refractivity contribution in [1.82, 2.24) is 5.32 Å². The van der Waals surface area contributed by atoms with Crippen LogP contribution in [0.1, 0.15) is 20.8 Å². The molecule has 5 atom stereocenters. The molecule has 1 aromatic rings. The van der Waals surface area contributed by atoms with Crippen LogP contribution in [0.15, 0.2) is 24.3 Å². The lowest BCUT2D eigenvalue weighted by molar-refractivity contribution is -0.232. The van der Waals surface area contributed by atoms with E-state index in [1.54, 1.807) is 45.0 Å². The Bertz CT molecular complexity index is 708. The Morgan fingerprint density at radius 3 is 2.14 bits per heavy atom. The second-order valence-electron chi connectivity index (χ2n) is 7.55. The van der Waals surface area contributed by atoms with Crippen molar-refractivity contribution < 1.29 is 34.7 Å². The number of hydrogen-bond donors (Lipinski definition) is 7. The summed E-state index contributed by atoms with van der Waals surface area (Å²) in [6.07, 6.45) is -7.13. The number of ether oxygens (including phenoxy) is 2. The van der Waals surface area contributed by atoms with E-state index in [9.17, 15) is 25.2 Å². The maximum Gasteiger partial charge on any atom is 0.412 e. The van der Waals surface area contributed by atoms with E-state index in [1.165, 1.54) is 0 Å². The molecule has 0 radical (unpaired) electrons. The predicted octanol–water partition coefficient (Wildman–Crippen LogP) is 0.120. The van der Waals surface area contributed by atoms with E-state index in [0.717, 1.165) is 0 Å². The molecule has 0 bridgehead atoms. The van der Waals surface area contributed by atoms with Gasteiger partial charge in [-0.1, -0.05) is 0 Å². The van der Waals surface area contributed by atoms with Gasteiger partial charge in [0, 0.05) is 11.4 Å². The lowest BCUT2D eigenvalue weighted by atomic mass is 9.98. The Morgan fingerprint density at radius 2 is 1.62 bits per heavy atom. The van der Waals surface area contributed by atoms with Crippen LogP contribution in [0.2, 0.25) is 0 Å². The van der Waals surface area contributed by atoms with E-state index in [2.05, 4.69) is 16.0 Å². The van der Waals surface area contributed by atoms with Gasteiger partial charge in [0.15, 0.2) is 11.3 Å². The molecule has 162 valence electrons. The summed E-state index contributed by atoms with van der Waals surface area (Å²) in [5.74, 6) is 0. The highest BCUT2D eigenvalue weighted by molar-refractivity contribution is 7.80. The first-order chi connectivity index (χ1) is 13.5. The number of anilines is 2. The van der Waals surface area contributed by atoms with E-state index in [4.69, 9.17) is 21.7 Å². The first-order valence-corrected chi connectivity index (χ1v) is 9.39. The highest BCUT2D eigenvalue weighted by atomic mass is 32.1. The van der Waals surface area contributed by atoms with Gasteiger partial charge in [0.05, 0.1) is 6.61 Å². The van der Waals surface area contributed by atoms with Crippen molar-refractivity contribution >= 4 is 34.8 Å². The molecule has 10 nitrogen and oxygen atoms in total. The van der Waals surface area contributed by atoms with Crippen molar-refractivity contribution in [1.29, 1.82) is 0 Å². The molecule has 29 heavy (non-hydrogen) atoms. The maximum atomic E-state index is 11.8. The zero-order valence-electron chi connectivity index (χ0n) is 16.3. The third kappa shape index (κ3) is 6.77. The summed E-state index contributed by atoms with van der Waals surface area (Å²) in [4.78, 5) is 11.8. The van der Waals surface area contributed by atoms with Crippen molar-refractivity contribution in [2.24, 2.45) is 0 Å². The second-order valence-corrected chi connectivity index (χ2v) is 7.96. The van der Waals surface area contributed by atoms with Crippen LogP contribution in [0.4, 0.5) is 16.2 Å². The Kier molecular flexibility index (Phi) is 7.74. The standard InChI is InChI=1S/C18H27N3O7S/c1-18(2,3)28-17(26)20-10-6-4-9(5-7-10)19-16(29)21-15-14(25)13(24)12(23)11(8-22)27-15/h4-7,11-15,22-25H,8H2,1-3H3,(H,20,26)(H2,19,21,29)/t11?,12-,13?,14?,15-/m1/s1. The van der Waals surface area contributed by atoms with Crippen molar-refractivity contribution in [3.8, 4) is 0 Å². The van der Waals surface area contributed by atoms with Crippen molar-refractivity contribution in [2.75, 3.05) is 17.2 Å². The van der Waals surface area contributed by atoms with Gasteiger partial charge in [0.2, 0.25) is 0 Å². The van der Waals surface area contributed by atoms with E-state index in [0.29, 0.717) is 11.4 Å². The molecule has 0 aliphatic carbocycles. The number of amides is 1. The average Bonchev–Trinajstić information content (AvgIpc) is 2.62. The monoisotopic (exact) mass is 429 g/mol. The number of thiocarbonyl (C=S) groups is 1. The second kappa shape index (κ2) is 9.65. The van der Waals surface area contributed by atoms with Crippen molar-refractivity contribution in [2.45, 2.75) is 57.0 Å². The molecular formula is C18H27N3O7S. The van der Waals surface area contributed by atoms with Gasteiger partial charge in [-0.15, -0.1) is 0 Å². The number of aliphatic hydroxyl groups is 4. The van der Waals surface area contributed by atoms with E-state index >= 15 is 0 Å². The summed E-state index contributed by atoms with van der Waals surface area (Å²) >= 11 is 5.17. The lowest BCUT2D eigenvalue weighted by Crippen LogP contribution is -2.63. The van der Waals surface area contributed by atoms with Crippen molar-refractivity contribution in [3.63, 3.8) is 0 Å². The Labute approximate surface area is 173 Å². The largest absolute Gasteiger partial charge is 0.444 e. The minimum absolute atomic E-state index is 0.0854. The molecular weight excluding hydrogens is 402 g/mol. The van der Waals surface area contributed by atoms with Gasteiger partial charge in [-0.2, -0.15) is 0 Å². The van der Waals surface area contributed by atoms with Gasteiger partial charge in [-0.05, 0) is 57.3 Å². The third-order valence-electron chi connectivity index (χ3n) is 3.95. The maximum absolute atomic E-state index is 11.8. The van der Waals surface area contributed by atoms with Crippen LogP contribution in [-0.2, 0) is 9.47 Å². The van der Waals surface area contributed by atoms with Gasteiger partial charge < -0.3 is 40.5 Å². The van der Waals surface area contributed by atoms with Crippen molar-refractivity contribution in [3.05, 3.63) is 24.3 Å². The fourth-order valence-corrected chi connectivity index (χ4v) is 2.81. The highest BCUT2D eigenvalue weighted by Gasteiger charge is 2.43. The summed E-state index contributed by atoms with van der Waals surface area (Å²) in [6.45, 7) is 4.77. The van der Waals surface area contributed by atoms with Crippen LogP contribution in [0.3, 0.4) is 0 Å². The predicted molar refractivity (Wildman–Crippen MR) is 109 cm³/mol. The minimum Gasteiger partial charge on any atom is -0.444 e. The first-order valence-electron chi connectivity index (χ1n) is 8.98. The fourth-order valence-electron chi connectivity index (χ4n) is 2.58. The van der Waals surface area contributed by atoms with Gasteiger partial charge in [-0.25, -0.2) is 4.79 Å². The van der Waals surface area contributed by atoms with Crippen LogP contribution in [0, 0.1) is 0 Å². The molecule has 1 aromatic carbocycles. The zero-order chi connectivity index (χ0) is 21.8. The van der Waals surface area contributed by atoms with Crippen LogP contribution >= 0.6 is 12.2 Å². The van der Waals surface area contributed by atoms with Gasteiger partial charge in [0.1, 0.15) is 30.0 Å². The molecule has 1 fully saturated rings. The molecule has 1 aliphatic rings. The molecule has 1 heterocycles. The molecule has 1 amide bonds. The Hall–Kier alpha value is -2.02. The number of rotatable bonds is 4. The molecule has 11 heteroatoms. The summed E-state index contributed by atoms with van der Waals surface area (Å²) in [5, 5.41) is 47.1. The molecule has 7 N–H and O–H groups in total. The van der Waals surface area contributed by atoms with E-state index < -0.39 is 48.9 Å². The molecule has 1 aliphatic heterocycles. The van der Waals surface area contributed by atoms with Gasteiger partial charge >= 0.3 is 6.09 Å². The number of nitrogens with one attached hydrogen (secondary N) is 3. The van der Waals surface area contributed by atoms with Crippen LogP contribution in [0.5, 0.6) is 0 Å². The summed E-state index contributed by atoms with van der Waals surface area (Å²) in [5.41, 5.74) is 0.507.